The quantitative estimate of drug-likeness (QED) is 0.447. The van der Waals surface area contributed by atoms with Gasteiger partial charge in [-0.15, -0.1) is 0 Å². The highest BCUT2D eigenvalue weighted by molar-refractivity contribution is 6.62. The summed E-state index contributed by atoms with van der Waals surface area (Å²) in [7, 11) is -0.449. The summed E-state index contributed by atoms with van der Waals surface area (Å²) in [6.45, 7) is 8.09. The molecule has 5 heteroatoms. The normalized spacial score (nSPS) is 18.4. The number of carbonyl (C=O) groups excluding carboxylic acids is 2. The molecule has 0 aromatic heterocycles. The van der Waals surface area contributed by atoms with Crippen molar-refractivity contribution in [1.29, 1.82) is 0 Å². The molecule has 0 bridgehead atoms. The SMILES string of the molecule is CC1(C)OB(c2ccc(C(=O)Cc3ccc4c5c(cccc35)C(=O)C=C4)cc2)OC1(C)C. The van der Waals surface area contributed by atoms with E-state index in [9.17, 15) is 9.59 Å². The van der Waals surface area contributed by atoms with E-state index in [4.69, 9.17) is 9.31 Å². The van der Waals surface area contributed by atoms with Crippen LogP contribution in [0.1, 0.15) is 59.5 Å². The standard InChI is InChI=1S/C27H25BO4/c1-26(2)27(3,4)32-28(31-26)20-13-10-17(11-14-20)24(30)16-19-9-8-18-12-15-23(29)22-7-5-6-21(19)25(18)22/h5-15H,16H2,1-4H3. The highest BCUT2D eigenvalue weighted by Crippen LogP contribution is 2.36. The van der Waals surface area contributed by atoms with Crippen LogP contribution in [0, 0.1) is 0 Å². The van der Waals surface area contributed by atoms with Crippen molar-refractivity contribution in [2.24, 2.45) is 0 Å². The lowest BCUT2D eigenvalue weighted by Gasteiger charge is -2.32. The molecule has 160 valence electrons. The Kier molecular flexibility index (Phi) is 4.73. The maximum absolute atomic E-state index is 13.1. The van der Waals surface area contributed by atoms with Crippen LogP contribution in [-0.2, 0) is 15.7 Å². The number of allylic oxidation sites excluding steroid dienone is 1. The summed E-state index contributed by atoms with van der Waals surface area (Å²) in [5.74, 6) is 0.0359. The van der Waals surface area contributed by atoms with Gasteiger partial charge in [-0.2, -0.15) is 0 Å². The van der Waals surface area contributed by atoms with E-state index in [1.165, 1.54) is 0 Å². The van der Waals surface area contributed by atoms with Gasteiger partial charge in [0.05, 0.1) is 11.2 Å². The van der Waals surface area contributed by atoms with Crippen LogP contribution in [-0.4, -0.2) is 29.9 Å². The molecule has 1 aliphatic carbocycles. The van der Waals surface area contributed by atoms with Gasteiger partial charge in [-0.05, 0) is 55.7 Å². The van der Waals surface area contributed by atoms with Crippen molar-refractivity contribution in [2.45, 2.75) is 45.3 Å². The van der Waals surface area contributed by atoms with Gasteiger partial charge < -0.3 is 9.31 Å². The highest BCUT2D eigenvalue weighted by atomic mass is 16.7. The Labute approximate surface area is 188 Å². The third-order valence-electron chi connectivity index (χ3n) is 6.95. The predicted octanol–water partition coefficient (Wildman–Crippen LogP) is 4.77. The molecule has 3 aromatic carbocycles. The van der Waals surface area contributed by atoms with Crippen LogP contribution in [0.2, 0.25) is 0 Å². The summed E-state index contributed by atoms with van der Waals surface area (Å²) >= 11 is 0. The molecule has 32 heavy (non-hydrogen) atoms. The molecule has 0 N–H and O–H groups in total. The third-order valence-corrected chi connectivity index (χ3v) is 6.95. The number of rotatable bonds is 4. The average molecular weight is 424 g/mol. The van der Waals surface area contributed by atoms with E-state index < -0.39 is 18.3 Å². The molecule has 5 rings (SSSR count). The van der Waals surface area contributed by atoms with Crippen molar-refractivity contribution >= 4 is 41.0 Å². The zero-order valence-corrected chi connectivity index (χ0v) is 18.8. The van der Waals surface area contributed by atoms with Crippen LogP contribution in [0.5, 0.6) is 0 Å². The maximum Gasteiger partial charge on any atom is 0.494 e. The first-order valence-electron chi connectivity index (χ1n) is 10.9. The van der Waals surface area contributed by atoms with E-state index in [1.54, 1.807) is 6.08 Å². The summed E-state index contributed by atoms with van der Waals surface area (Å²) in [5.41, 5.74) is 3.36. The Morgan fingerprint density at radius 3 is 2.25 bits per heavy atom. The molecule has 0 atom stereocenters. The first-order chi connectivity index (χ1) is 15.2. The molecule has 3 aromatic rings. The van der Waals surface area contributed by atoms with Gasteiger partial charge in [0, 0.05) is 22.9 Å². The number of hydrogen-bond acceptors (Lipinski definition) is 4. The highest BCUT2D eigenvalue weighted by Gasteiger charge is 2.51. The van der Waals surface area contributed by atoms with Crippen LogP contribution < -0.4 is 5.46 Å². The van der Waals surface area contributed by atoms with E-state index in [-0.39, 0.29) is 18.0 Å². The monoisotopic (exact) mass is 424 g/mol. The smallest absolute Gasteiger partial charge is 0.399 e. The minimum Gasteiger partial charge on any atom is -0.399 e. The zero-order chi connectivity index (χ0) is 22.7. The minimum atomic E-state index is -0.449. The first-order valence-corrected chi connectivity index (χ1v) is 10.9. The van der Waals surface area contributed by atoms with Crippen molar-refractivity contribution in [1.82, 2.24) is 0 Å². The summed E-state index contributed by atoms with van der Waals surface area (Å²) in [6, 6.07) is 17.1. The van der Waals surface area contributed by atoms with Crippen molar-refractivity contribution in [3.05, 3.63) is 82.9 Å². The van der Waals surface area contributed by atoms with E-state index in [1.807, 2.05) is 88.4 Å². The lowest BCUT2D eigenvalue weighted by atomic mass is 9.78. The van der Waals surface area contributed by atoms with Crippen molar-refractivity contribution in [3.63, 3.8) is 0 Å². The molecular formula is C27H25BO4. The first kappa shape index (κ1) is 20.9. The Morgan fingerprint density at radius 1 is 0.875 bits per heavy atom. The Hall–Kier alpha value is -3.02. The van der Waals surface area contributed by atoms with Gasteiger partial charge >= 0.3 is 7.12 Å². The van der Waals surface area contributed by atoms with E-state index in [0.29, 0.717) is 11.1 Å². The van der Waals surface area contributed by atoms with Gasteiger partial charge in [0.25, 0.3) is 0 Å². The van der Waals surface area contributed by atoms with Gasteiger partial charge in [0.2, 0.25) is 0 Å². The van der Waals surface area contributed by atoms with Crippen molar-refractivity contribution in [2.75, 3.05) is 0 Å². The van der Waals surface area contributed by atoms with Crippen LogP contribution >= 0.6 is 0 Å². The molecule has 1 aliphatic heterocycles. The van der Waals surface area contributed by atoms with Crippen molar-refractivity contribution in [3.8, 4) is 0 Å². The average Bonchev–Trinajstić information content (AvgIpc) is 2.99. The number of hydrogen-bond donors (Lipinski definition) is 0. The molecule has 0 spiro atoms. The van der Waals surface area contributed by atoms with Crippen LogP contribution in [0.25, 0.3) is 16.8 Å². The number of benzene rings is 3. The second kappa shape index (κ2) is 7.26. The summed E-state index contributed by atoms with van der Waals surface area (Å²) < 4.78 is 12.2. The Bertz CT molecular complexity index is 1270. The second-order valence-corrected chi connectivity index (χ2v) is 9.55. The Morgan fingerprint density at radius 2 is 1.56 bits per heavy atom. The molecule has 4 nitrogen and oxygen atoms in total. The molecule has 1 heterocycles. The number of Topliss-reactive ketones (excluding diaryl/α,β-unsaturated/α-hetero) is 1. The van der Waals surface area contributed by atoms with Gasteiger partial charge in [-0.1, -0.05) is 60.7 Å². The van der Waals surface area contributed by atoms with Crippen LogP contribution in [0.3, 0.4) is 0 Å². The minimum absolute atomic E-state index is 0.00451. The van der Waals surface area contributed by atoms with Crippen LogP contribution in [0.15, 0.2) is 60.7 Å². The summed E-state index contributed by atoms with van der Waals surface area (Å²) in [4.78, 5) is 25.3. The molecule has 0 radical (unpaired) electrons. The fourth-order valence-electron chi connectivity index (χ4n) is 4.33. The zero-order valence-electron chi connectivity index (χ0n) is 18.8. The largest absolute Gasteiger partial charge is 0.494 e. The topological polar surface area (TPSA) is 52.6 Å². The van der Waals surface area contributed by atoms with Crippen molar-refractivity contribution < 1.29 is 18.9 Å². The predicted molar refractivity (Wildman–Crippen MR) is 128 cm³/mol. The lowest BCUT2D eigenvalue weighted by Crippen LogP contribution is -2.41. The van der Waals surface area contributed by atoms with E-state index >= 15 is 0 Å². The lowest BCUT2D eigenvalue weighted by molar-refractivity contribution is 0.00578. The van der Waals surface area contributed by atoms with Gasteiger partial charge in [-0.25, -0.2) is 0 Å². The number of ketones is 2. The molecule has 2 aliphatic rings. The second-order valence-electron chi connectivity index (χ2n) is 9.55. The summed E-state index contributed by atoms with van der Waals surface area (Å²) in [5, 5.41) is 1.89. The third kappa shape index (κ3) is 3.33. The summed E-state index contributed by atoms with van der Waals surface area (Å²) in [6.07, 6.45) is 3.72. The van der Waals surface area contributed by atoms with E-state index in [0.717, 1.165) is 27.4 Å². The van der Waals surface area contributed by atoms with E-state index in [2.05, 4.69) is 0 Å². The molecule has 1 fully saturated rings. The molecular weight excluding hydrogens is 399 g/mol. The van der Waals surface area contributed by atoms with Crippen LogP contribution in [0.4, 0.5) is 0 Å². The Balaban J connectivity index is 1.39. The number of carbonyl (C=O) groups is 2. The van der Waals surface area contributed by atoms with Gasteiger partial charge in [0.15, 0.2) is 11.6 Å². The fraction of sp³-hybridized carbons (Fsp3) is 0.259. The fourth-order valence-corrected chi connectivity index (χ4v) is 4.33. The molecule has 0 saturated carbocycles. The molecule has 0 unspecified atom stereocenters. The van der Waals surface area contributed by atoms with Gasteiger partial charge in [-0.3, -0.25) is 9.59 Å². The maximum atomic E-state index is 13.1. The molecule has 1 saturated heterocycles. The van der Waals surface area contributed by atoms with Gasteiger partial charge in [0.1, 0.15) is 0 Å². The molecule has 0 amide bonds.